The van der Waals surface area contributed by atoms with Crippen LogP contribution in [0.5, 0.6) is 0 Å². The van der Waals surface area contributed by atoms with E-state index < -0.39 is 0 Å². The second-order valence-corrected chi connectivity index (χ2v) is 4.14. The van der Waals surface area contributed by atoms with Crippen molar-refractivity contribution >= 4 is 5.97 Å². The average Bonchev–Trinajstić information content (AvgIpc) is 2.72. The zero-order chi connectivity index (χ0) is 12.0. The molecule has 2 atom stereocenters. The Morgan fingerprint density at radius 2 is 2.19 bits per heavy atom. The fourth-order valence-corrected chi connectivity index (χ4v) is 1.59. The van der Waals surface area contributed by atoms with Crippen LogP contribution in [0.4, 0.5) is 0 Å². The standard InChI is InChI=1S/C11H21NO4/c1-8(2)15-4-5-16-11(13)10-6-9(14-3)7-12-10/h8-10,12H,4-7H2,1-3H3. The summed E-state index contributed by atoms with van der Waals surface area (Å²) in [4.78, 5) is 11.6. The first kappa shape index (κ1) is 13.4. The molecule has 1 aliphatic rings. The maximum atomic E-state index is 11.6. The number of carbonyl (C=O) groups is 1. The van der Waals surface area contributed by atoms with Gasteiger partial charge in [0.2, 0.25) is 0 Å². The maximum Gasteiger partial charge on any atom is 0.323 e. The third kappa shape index (κ3) is 4.47. The summed E-state index contributed by atoms with van der Waals surface area (Å²) in [5.41, 5.74) is 0. The summed E-state index contributed by atoms with van der Waals surface area (Å²) >= 11 is 0. The van der Waals surface area contributed by atoms with E-state index in [-0.39, 0.29) is 24.2 Å². The molecule has 1 N–H and O–H groups in total. The predicted molar refractivity (Wildman–Crippen MR) is 59.3 cm³/mol. The Balaban J connectivity index is 2.11. The van der Waals surface area contributed by atoms with Crippen LogP contribution in [-0.4, -0.2) is 51.1 Å². The Morgan fingerprint density at radius 1 is 1.44 bits per heavy atom. The van der Waals surface area contributed by atoms with Gasteiger partial charge in [-0.15, -0.1) is 0 Å². The van der Waals surface area contributed by atoms with Crippen molar-refractivity contribution in [1.29, 1.82) is 0 Å². The second kappa shape index (κ2) is 6.83. The van der Waals surface area contributed by atoms with Crippen molar-refractivity contribution in [3.05, 3.63) is 0 Å². The zero-order valence-electron chi connectivity index (χ0n) is 10.2. The number of ether oxygens (including phenoxy) is 3. The molecule has 0 aromatic carbocycles. The molecule has 2 unspecified atom stereocenters. The molecule has 1 aliphatic heterocycles. The molecule has 1 fully saturated rings. The summed E-state index contributed by atoms with van der Waals surface area (Å²) in [7, 11) is 1.65. The lowest BCUT2D eigenvalue weighted by Crippen LogP contribution is -2.33. The minimum Gasteiger partial charge on any atom is -0.462 e. The molecule has 5 heteroatoms. The number of carbonyl (C=O) groups excluding carboxylic acids is 1. The highest BCUT2D eigenvalue weighted by atomic mass is 16.6. The monoisotopic (exact) mass is 231 g/mol. The molecular weight excluding hydrogens is 210 g/mol. The topological polar surface area (TPSA) is 56.8 Å². The van der Waals surface area contributed by atoms with Crippen LogP contribution in [-0.2, 0) is 19.0 Å². The highest BCUT2D eigenvalue weighted by Crippen LogP contribution is 2.10. The molecule has 1 rings (SSSR count). The van der Waals surface area contributed by atoms with E-state index >= 15 is 0 Å². The van der Waals surface area contributed by atoms with Gasteiger partial charge in [-0.2, -0.15) is 0 Å². The molecule has 5 nitrogen and oxygen atoms in total. The van der Waals surface area contributed by atoms with Gasteiger partial charge in [0.1, 0.15) is 12.6 Å². The van der Waals surface area contributed by atoms with E-state index in [1.165, 1.54) is 0 Å². The summed E-state index contributed by atoms with van der Waals surface area (Å²) in [6, 6.07) is -0.232. The summed E-state index contributed by atoms with van der Waals surface area (Å²) in [5.74, 6) is -0.216. The van der Waals surface area contributed by atoms with Gasteiger partial charge in [0.05, 0.1) is 18.8 Å². The average molecular weight is 231 g/mol. The van der Waals surface area contributed by atoms with Gasteiger partial charge >= 0.3 is 5.97 Å². The van der Waals surface area contributed by atoms with Gasteiger partial charge in [0.15, 0.2) is 0 Å². The fourth-order valence-electron chi connectivity index (χ4n) is 1.59. The maximum absolute atomic E-state index is 11.6. The van der Waals surface area contributed by atoms with Gasteiger partial charge in [-0.05, 0) is 13.8 Å². The lowest BCUT2D eigenvalue weighted by atomic mass is 10.2. The Kier molecular flexibility index (Phi) is 5.73. The minimum atomic E-state index is -0.232. The van der Waals surface area contributed by atoms with E-state index in [0.717, 1.165) is 0 Å². The van der Waals surface area contributed by atoms with E-state index in [1.54, 1.807) is 7.11 Å². The molecule has 0 radical (unpaired) electrons. The van der Waals surface area contributed by atoms with Crippen molar-refractivity contribution in [1.82, 2.24) is 5.32 Å². The van der Waals surface area contributed by atoms with Crippen LogP contribution in [0.3, 0.4) is 0 Å². The Hall–Kier alpha value is -0.650. The van der Waals surface area contributed by atoms with Crippen molar-refractivity contribution in [3.8, 4) is 0 Å². The van der Waals surface area contributed by atoms with E-state index in [4.69, 9.17) is 14.2 Å². The largest absolute Gasteiger partial charge is 0.462 e. The molecule has 1 saturated heterocycles. The lowest BCUT2D eigenvalue weighted by molar-refractivity contribution is -0.147. The number of methoxy groups -OCH3 is 1. The van der Waals surface area contributed by atoms with Gasteiger partial charge in [-0.3, -0.25) is 4.79 Å². The third-order valence-electron chi connectivity index (χ3n) is 2.49. The van der Waals surface area contributed by atoms with E-state index in [0.29, 0.717) is 26.2 Å². The minimum absolute atomic E-state index is 0.115. The molecule has 0 spiro atoms. The third-order valence-corrected chi connectivity index (χ3v) is 2.49. The number of nitrogens with one attached hydrogen (secondary N) is 1. The first-order chi connectivity index (χ1) is 7.63. The summed E-state index contributed by atoms with van der Waals surface area (Å²) in [6.07, 6.45) is 0.964. The Bertz CT molecular complexity index is 220. The zero-order valence-corrected chi connectivity index (χ0v) is 10.2. The molecule has 0 aliphatic carbocycles. The lowest BCUT2D eigenvalue weighted by Gasteiger charge is -2.11. The van der Waals surface area contributed by atoms with Crippen LogP contribution in [0.25, 0.3) is 0 Å². The van der Waals surface area contributed by atoms with Crippen LogP contribution in [0.1, 0.15) is 20.3 Å². The van der Waals surface area contributed by atoms with Gasteiger partial charge in [0.25, 0.3) is 0 Å². The second-order valence-electron chi connectivity index (χ2n) is 4.14. The first-order valence-electron chi connectivity index (χ1n) is 5.68. The molecule has 0 aromatic rings. The molecule has 94 valence electrons. The van der Waals surface area contributed by atoms with Gasteiger partial charge in [0, 0.05) is 20.1 Å². The van der Waals surface area contributed by atoms with Crippen LogP contribution >= 0.6 is 0 Å². The smallest absolute Gasteiger partial charge is 0.323 e. The molecule has 0 aromatic heterocycles. The van der Waals surface area contributed by atoms with E-state index in [1.807, 2.05) is 13.8 Å². The Morgan fingerprint density at radius 3 is 2.75 bits per heavy atom. The van der Waals surface area contributed by atoms with E-state index in [9.17, 15) is 4.79 Å². The summed E-state index contributed by atoms with van der Waals surface area (Å²) < 4.78 is 15.5. The van der Waals surface area contributed by atoms with Crippen molar-refractivity contribution < 1.29 is 19.0 Å². The number of esters is 1. The molecule has 16 heavy (non-hydrogen) atoms. The van der Waals surface area contributed by atoms with Crippen LogP contribution < -0.4 is 5.32 Å². The quantitative estimate of drug-likeness (QED) is 0.527. The number of hydrogen-bond acceptors (Lipinski definition) is 5. The van der Waals surface area contributed by atoms with Crippen molar-refractivity contribution in [3.63, 3.8) is 0 Å². The van der Waals surface area contributed by atoms with Crippen molar-refractivity contribution in [2.24, 2.45) is 0 Å². The predicted octanol–water partition coefficient (Wildman–Crippen LogP) is 0.331. The van der Waals surface area contributed by atoms with Gasteiger partial charge in [-0.1, -0.05) is 0 Å². The number of rotatable bonds is 6. The van der Waals surface area contributed by atoms with Crippen molar-refractivity contribution in [2.75, 3.05) is 26.9 Å². The molecular formula is C11H21NO4. The highest BCUT2D eigenvalue weighted by Gasteiger charge is 2.30. The highest BCUT2D eigenvalue weighted by molar-refractivity contribution is 5.76. The normalized spacial score (nSPS) is 25.0. The molecule has 0 saturated carbocycles. The van der Waals surface area contributed by atoms with Crippen LogP contribution in [0.2, 0.25) is 0 Å². The summed E-state index contributed by atoms with van der Waals surface area (Å²) in [6.45, 7) is 5.36. The van der Waals surface area contributed by atoms with E-state index in [2.05, 4.69) is 5.32 Å². The SMILES string of the molecule is COC1CNC(C(=O)OCCOC(C)C)C1. The molecule has 0 bridgehead atoms. The summed E-state index contributed by atoms with van der Waals surface area (Å²) in [5, 5.41) is 3.07. The molecule has 1 heterocycles. The van der Waals surface area contributed by atoms with Crippen molar-refractivity contribution in [2.45, 2.75) is 38.5 Å². The van der Waals surface area contributed by atoms with Gasteiger partial charge < -0.3 is 19.5 Å². The number of hydrogen-bond donors (Lipinski definition) is 1. The fraction of sp³-hybridized carbons (Fsp3) is 0.909. The van der Waals surface area contributed by atoms with Gasteiger partial charge in [-0.25, -0.2) is 0 Å². The Labute approximate surface area is 96.4 Å². The molecule has 0 amide bonds. The van der Waals surface area contributed by atoms with Crippen LogP contribution in [0, 0.1) is 0 Å². The van der Waals surface area contributed by atoms with Crippen LogP contribution in [0.15, 0.2) is 0 Å². The first-order valence-corrected chi connectivity index (χ1v) is 5.68.